The maximum atomic E-state index is 9.15. The fourth-order valence-corrected chi connectivity index (χ4v) is 2.73. The first-order valence-electron chi connectivity index (χ1n) is 6.17. The van der Waals surface area contributed by atoms with Crippen molar-refractivity contribution in [2.24, 2.45) is 0 Å². The largest absolute Gasteiger partial charge is 0.388 e. The van der Waals surface area contributed by atoms with Gasteiger partial charge in [-0.05, 0) is 32.1 Å². The molecule has 0 unspecified atom stereocenters. The van der Waals surface area contributed by atoms with E-state index in [9.17, 15) is 0 Å². The van der Waals surface area contributed by atoms with Gasteiger partial charge in [-0.1, -0.05) is 12.8 Å². The highest BCUT2D eigenvalue weighted by Crippen LogP contribution is 2.22. The zero-order valence-electron chi connectivity index (χ0n) is 10.2. The lowest BCUT2D eigenvalue weighted by molar-refractivity contribution is 0.227. The summed E-state index contributed by atoms with van der Waals surface area (Å²) in [7, 11) is 2.16. The van der Waals surface area contributed by atoms with Gasteiger partial charge in [-0.3, -0.25) is 5.10 Å². The number of rotatable bonds is 5. The van der Waals surface area contributed by atoms with Crippen molar-refractivity contribution in [1.29, 1.82) is 0 Å². The van der Waals surface area contributed by atoms with Gasteiger partial charge < -0.3 is 14.6 Å². The molecule has 0 spiro atoms. The van der Waals surface area contributed by atoms with E-state index in [4.69, 9.17) is 17.3 Å². The third kappa shape index (κ3) is 2.94. The second kappa shape index (κ2) is 5.75. The van der Waals surface area contributed by atoms with Crippen LogP contribution < -0.4 is 0 Å². The van der Waals surface area contributed by atoms with Crippen LogP contribution in [0.5, 0.6) is 0 Å². The second-order valence-corrected chi connectivity index (χ2v) is 5.06. The molecule has 1 aliphatic rings. The summed E-state index contributed by atoms with van der Waals surface area (Å²) in [6.45, 7) is 1.67. The first-order chi connectivity index (χ1) is 8.22. The molecule has 1 fully saturated rings. The molecule has 0 atom stereocenters. The molecular weight excluding hydrogens is 236 g/mol. The van der Waals surface area contributed by atoms with E-state index in [1.54, 1.807) is 0 Å². The topological polar surface area (TPSA) is 57.1 Å². The Morgan fingerprint density at radius 3 is 2.88 bits per heavy atom. The highest BCUT2D eigenvalue weighted by molar-refractivity contribution is 7.71. The lowest BCUT2D eigenvalue weighted by Gasteiger charge is -2.24. The summed E-state index contributed by atoms with van der Waals surface area (Å²) in [5.41, 5.74) is 0. The number of likely N-dealkylation sites (N-methyl/N-ethyl adjacent to an activating group) is 1. The maximum Gasteiger partial charge on any atom is 0.195 e. The predicted octanol–water partition coefficient (Wildman–Crippen LogP) is 1.31. The molecule has 0 amide bonds. The predicted molar refractivity (Wildman–Crippen MR) is 68.2 cm³/mol. The molecule has 0 aliphatic heterocycles. The Hall–Kier alpha value is -0.720. The van der Waals surface area contributed by atoms with Crippen molar-refractivity contribution in [3.05, 3.63) is 10.6 Å². The number of aromatic amines is 1. The third-order valence-corrected chi connectivity index (χ3v) is 3.91. The Kier molecular flexibility index (Phi) is 4.31. The minimum absolute atomic E-state index is 0.0692. The molecule has 96 valence electrons. The quantitative estimate of drug-likeness (QED) is 0.780. The molecule has 17 heavy (non-hydrogen) atoms. The van der Waals surface area contributed by atoms with Gasteiger partial charge in [0.15, 0.2) is 10.6 Å². The Labute approximate surface area is 106 Å². The van der Waals surface area contributed by atoms with E-state index in [1.165, 1.54) is 25.7 Å². The van der Waals surface area contributed by atoms with Crippen molar-refractivity contribution >= 4 is 12.2 Å². The van der Waals surface area contributed by atoms with Gasteiger partial charge in [0, 0.05) is 19.1 Å². The summed E-state index contributed by atoms with van der Waals surface area (Å²) in [5, 5.41) is 15.9. The lowest BCUT2D eigenvalue weighted by atomic mass is 10.2. The van der Waals surface area contributed by atoms with Crippen LogP contribution in [-0.2, 0) is 13.2 Å². The number of aliphatic hydroxyl groups is 1. The maximum absolute atomic E-state index is 9.15. The van der Waals surface area contributed by atoms with Gasteiger partial charge in [0.25, 0.3) is 0 Å². The van der Waals surface area contributed by atoms with Crippen LogP contribution in [0.4, 0.5) is 0 Å². The van der Waals surface area contributed by atoms with Gasteiger partial charge in [-0.25, -0.2) is 0 Å². The summed E-state index contributed by atoms with van der Waals surface area (Å²) in [6, 6.07) is 0.716. The smallest absolute Gasteiger partial charge is 0.195 e. The summed E-state index contributed by atoms with van der Waals surface area (Å²) < 4.78 is 2.47. The molecular formula is C11H20N4OS. The molecule has 1 aromatic heterocycles. The van der Waals surface area contributed by atoms with Crippen LogP contribution in [-0.4, -0.2) is 44.4 Å². The van der Waals surface area contributed by atoms with Gasteiger partial charge in [0.05, 0.1) is 0 Å². The Bertz CT molecular complexity index is 408. The number of hydrogen-bond acceptors (Lipinski definition) is 4. The number of aromatic nitrogens is 3. The summed E-state index contributed by atoms with van der Waals surface area (Å²) in [6.07, 6.45) is 5.31. The van der Waals surface area contributed by atoms with Gasteiger partial charge in [-0.15, -0.1) is 0 Å². The fraction of sp³-hybridized carbons (Fsp3) is 0.818. The van der Waals surface area contributed by atoms with Gasteiger partial charge in [0.1, 0.15) is 6.61 Å². The van der Waals surface area contributed by atoms with E-state index in [1.807, 2.05) is 4.57 Å². The monoisotopic (exact) mass is 256 g/mol. The molecule has 0 radical (unpaired) electrons. The van der Waals surface area contributed by atoms with E-state index < -0.39 is 0 Å². The normalized spacial score (nSPS) is 17.1. The zero-order chi connectivity index (χ0) is 12.3. The summed E-state index contributed by atoms with van der Waals surface area (Å²) in [5.74, 6) is 0.620. The van der Waals surface area contributed by atoms with Crippen LogP contribution >= 0.6 is 12.2 Å². The van der Waals surface area contributed by atoms with Crippen molar-refractivity contribution in [3.8, 4) is 0 Å². The van der Waals surface area contributed by atoms with Crippen molar-refractivity contribution < 1.29 is 5.11 Å². The number of H-pyrrole nitrogens is 1. The van der Waals surface area contributed by atoms with E-state index in [0.29, 0.717) is 16.6 Å². The van der Waals surface area contributed by atoms with Crippen LogP contribution in [0.2, 0.25) is 0 Å². The van der Waals surface area contributed by atoms with Crippen LogP contribution in [0.3, 0.4) is 0 Å². The molecule has 2 rings (SSSR count). The molecule has 5 nitrogen and oxygen atoms in total. The molecule has 2 N–H and O–H groups in total. The minimum atomic E-state index is -0.0692. The van der Waals surface area contributed by atoms with E-state index in [-0.39, 0.29) is 6.61 Å². The number of hydrogen-bond donors (Lipinski definition) is 2. The number of nitrogens with zero attached hydrogens (tertiary/aromatic N) is 3. The fourth-order valence-electron chi connectivity index (χ4n) is 2.49. The van der Waals surface area contributed by atoms with Crippen molar-refractivity contribution in [3.63, 3.8) is 0 Å². The highest BCUT2D eigenvalue weighted by Gasteiger charge is 2.19. The molecule has 1 aliphatic carbocycles. The first kappa shape index (κ1) is 12.7. The molecule has 0 saturated heterocycles. The number of nitrogens with one attached hydrogen (secondary N) is 1. The Balaban J connectivity index is 1.92. The van der Waals surface area contributed by atoms with Gasteiger partial charge >= 0.3 is 0 Å². The lowest BCUT2D eigenvalue weighted by Crippen LogP contribution is -2.32. The third-order valence-electron chi connectivity index (χ3n) is 3.60. The van der Waals surface area contributed by atoms with Crippen molar-refractivity contribution in [1.82, 2.24) is 19.7 Å². The zero-order valence-corrected chi connectivity index (χ0v) is 11.0. The Morgan fingerprint density at radius 2 is 2.24 bits per heavy atom. The molecule has 1 saturated carbocycles. The van der Waals surface area contributed by atoms with E-state index in [0.717, 1.165) is 13.1 Å². The average Bonchev–Trinajstić information content (AvgIpc) is 2.95. The van der Waals surface area contributed by atoms with Crippen LogP contribution in [0.1, 0.15) is 31.5 Å². The highest BCUT2D eigenvalue weighted by atomic mass is 32.1. The van der Waals surface area contributed by atoms with Crippen LogP contribution in [0.15, 0.2) is 0 Å². The molecule has 0 bridgehead atoms. The van der Waals surface area contributed by atoms with Gasteiger partial charge in [-0.2, -0.15) is 5.10 Å². The number of aliphatic hydroxyl groups excluding tert-OH is 1. The SMILES string of the molecule is CN(CCn1c(CO)n[nH]c1=S)C1CCCC1. The van der Waals surface area contributed by atoms with Crippen molar-refractivity contribution in [2.45, 2.75) is 44.9 Å². The molecule has 0 aromatic carbocycles. The first-order valence-corrected chi connectivity index (χ1v) is 6.58. The average molecular weight is 256 g/mol. The molecule has 1 heterocycles. The van der Waals surface area contributed by atoms with Crippen molar-refractivity contribution in [2.75, 3.05) is 13.6 Å². The second-order valence-electron chi connectivity index (χ2n) is 4.67. The standard InChI is InChI=1S/C11H20N4OS/c1-14(9-4-2-3-5-9)6-7-15-10(8-16)12-13-11(15)17/h9,16H,2-8H2,1H3,(H,13,17). The van der Waals surface area contributed by atoms with Gasteiger partial charge in [0.2, 0.25) is 0 Å². The van der Waals surface area contributed by atoms with E-state index in [2.05, 4.69) is 22.1 Å². The van der Waals surface area contributed by atoms with E-state index >= 15 is 0 Å². The summed E-state index contributed by atoms with van der Waals surface area (Å²) in [4.78, 5) is 2.39. The van der Waals surface area contributed by atoms with Crippen LogP contribution in [0.25, 0.3) is 0 Å². The molecule has 6 heteroatoms. The Morgan fingerprint density at radius 1 is 1.53 bits per heavy atom. The minimum Gasteiger partial charge on any atom is -0.388 e. The van der Waals surface area contributed by atoms with Crippen LogP contribution in [0, 0.1) is 4.77 Å². The molecule has 1 aromatic rings. The summed E-state index contributed by atoms with van der Waals surface area (Å²) >= 11 is 5.14.